The van der Waals surface area contributed by atoms with Gasteiger partial charge in [-0.3, -0.25) is 0 Å². The number of nitrogens with two attached hydrogens (primary N) is 1. The molecular formula is C11H18N4O. The molecule has 2 rings (SSSR count). The Morgan fingerprint density at radius 3 is 3.25 bits per heavy atom. The fraction of sp³-hybridized carbons (Fsp3) is 0.545. The molecule has 2 heterocycles. The van der Waals surface area contributed by atoms with Crippen molar-refractivity contribution in [2.45, 2.75) is 12.8 Å². The van der Waals surface area contributed by atoms with Gasteiger partial charge in [-0.1, -0.05) is 0 Å². The Kier molecular flexibility index (Phi) is 3.58. The number of aliphatic hydroxyl groups is 1. The lowest BCUT2D eigenvalue weighted by Crippen LogP contribution is -2.20. The van der Waals surface area contributed by atoms with E-state index in [4.69, 9.17) is 10.9 Å². The smallest absolute Gasteiger partial charge is 0.141 e. The first-order valence-electron chi connectivity index (χ1n) is 5.62. The molecule has 1 atom stereocenters. The van der Waals surface area contributed by atoms with Gasteiger partial charge in [-0.15, -0.1) is 0 Å². The molecule has 1 aromatic rings. The van der Waals surface area contributed by atoms with Gasteiger partial charge in [-0.2, -0.15) is 0 Å². The van der Waals surface area contributed by atoms with E-state index in [0.717, 1.165) is 31.6 Å². The fourth-order valence-corrected chi connectivity index (χ4v) is 2.18. The number of nitrogens with one attached hydrogen (secondary N) is 1. The summed E-state index contributed by atoms with van der Waals surface area (Å²) in [5.74, 6) is 6.62. The van der Waals surface area contributed by atoms with Crippen LogP contribution in [0.4, 0.5) is 11.5 Å². The second-order valence-electron chi connectivity index (χ2n) is 4.16. The van der Waals surface area contributed by atoms with Gasteiger partial charge < -0.3 is 15.4 Å². The van der Waals surface area contributed by atoms with Crippen molar-refractivity contribution in [3.05, 3.63) is 18.3 Å². The largest absolute Gasteiger partial charge is 0.396 e. The number of hydrogen-bond donors (Lipinski definition) is 3. The van der Waals surface area contributed by atoms with E-state index in [-0.39, 0.29) is 6.61 Å². The van der Waals surface area contributed by atoms with E-state index in [0.29, 0.717) is 11.7 Å². The van der Waals surface area contributed by atoms with Crippen molar-refractivity contribution in [1.82, 2.24) is 4.98 Å². The molecule has 1 fully saturated rings. The first kappa shape index (κ1) is 11.2. The second kappa shape index (κ2) is 5.14. The second-order valence-corrected chi connectivity index (χ2v) is 4.16. The number of hydrazine groups is 1. The standard InChI is InChI=1S/C11H18N4O/c12-14-11-7-10(1-4-13-11)15-5-2-9(8-15)3-6-16/h1,4,7,9,16H,2-3,5-6,8,12H2,(H,13,14). The Morgan fingerprint density at radius 2 is 2.50 bits per heavy atom. The molecule has 0 aliphatic carbocycles. The zero-order chi connectivity index (χ0) is 11.4. The number of anilines is 2. The average molecular weight is 222 g/mol. The quantitative estimate of drug-likeness (QED) is 0.513. The molecule has 88 valence electrons. The lowest BCUT2D eigenvalue weighted by Gasteiger charge is -2.18. The lowest BCUT2D eigenvalue weighted by atomic mass is 10.1. The van der Waals surface area contributed by atoms with Gasteiger partial charge in [0.1, 0.15) is 5.82 Å². The Labute approximate surface area is 95.2 Å². The molecular weight excluding hydrogens is 204 g/mol. The number of nitrogen functional groups attached to an aromatic ring is 1. The van der Waals surface area contributed by atoms with Crippen LogP contribution in [0, 0.1) is 5.92 Å². The minimum absolute atomic E-state index is 0.282. The Bertz CT molecular complexity index is 345. The highest BCUT2D eigenvalue weighted by atomic mass is 16.3. The summed E-state index contributed by atoms with van der Waals surface area (Å²) < 4.78 is 0. The van der Waals surface area contributed by atoms with Crippen molar-refractivity contribution in [3.8, 4) is 0 Å². The van der Waals surface area contributed by atoms with Gasteiger partial charge in [0.25, 0.3) is 0 Å². The maximum atomic E-state index is 8.91. The number of aromatic nitrogens is 1. The van der Waals surface area contributed by atoms with E-state index in [9.17, 15) is 0 Å². The zero-order valence-corrected chi connectivity index (χ0v) is 9.26. The molecule has 1 aliphatic rings. The minimum atomic E-state index is 0.282. The SMILES string of the molecule is NNc1cc(N2CCC(CCO)C2)ccn1. The molecule has 0 saturated carbocycles. The number of rotatable bonds is 4. The van der Waals surface area contributed by atoms with Crippen molar-refractivity contribution >= 4 is 11.5 Å². The third-order valence-corrected chi connectivity index (χ3v) is 3.08. The molecule has 5 heteroatoms. The van der Waals surface area contributed by atoms with E-state index < -0.39 is 0 Å². The predicted octanol–water partition coefficient (Wildman–Crippen LogP) is 0.576. The van der Waals surface area contributed by atoms with Gasteiger partial charge in [0.05, 0.1) is 0 Å². The van der Waals surface area contributed by atoms with Gasteiger partial charge in [-0.25, -0.2) is 10.8 Å². The van der Waals surface area contributed by atoms with Crippen LogP contribution in [0.3, 0.4) is 0 Å². The Hall–Kier alpha value is -1.33. The molecule has 1 unspecified atom stereocenters. The minimum Gasteiger partial charge on any atom is -0.396 e. The van der Waals surface area contributed by atoms with E-state index >= 15 is 0 Å². The molecule has 4 N–H and O–H groups in total. The first-order valence-corrected chi connectivity index (χ1v) is 5.62. The lowest BCUT2D eigenvalue weighted by molar-refractivity contribution is 0.263. The third kappa shape index (κ3) is 2.43. The molecule has 0 aromatic carbocycles. The summed E-state index contributed by atoms with van der Waals surface area (Å²) in [6.45, 7) is 2.33. The van der Waals surface area contributed by atoms with Gasteiger partial charge >= 0.3 is 0 Å². The zero-order valence-electron chi connectivity index (χ0n) is 9.26. The molecule has 0 radical (unpaired) electrons. The average Bonchev–Trinajstić information content (AvgIpc) is 2.78. The summed E-state index contributed by atoms with van der Waals surface area (Å²) in [6, 6.07) is 3.93. The topological polar surface area (TPSA) is 74.4 Å². The van der Waals surface area contributed by atoms with Crippen molar-refractivity contribution in [2.24, 2.45) is 11.8 Å². The molecule has 0 amide bonds. The van der Waals surface area contributed by atoms with E-state index in [1.54, 1.807) is 6.20 Å². The van der Waals surface area contributed by atoms with Gasteiger partial charge in [-0.05, 0) is 24.8 Å². The molecule has 16 heavy (non-hydrogen) atoms. The van der Waals surface area contributed by atoms with Crippen LogP contribution in [0.15, 0.2) is 18.3 Å². The highest BCUT2D eigenvalue weighted by Crippen LogP contribution is 2.26. The Morgan fingerprint density at radius 1 is 1.62 bits per heavy atom. The number of pyridine rings is 1. The molecule has 0 spiro atoms. The summed E-state index contributed by atoms with van der Waals surface area (Å²) in [4.78, 5) is 6.39. The van der Waals surface area contributed by atoms with Crippen LogP contribution in [0.2, 0.25) is 0 Å². The van der Waals surface area contributed by atoms with Crippen molar-refractivity contribution in [1.29, 1.82) is 0 Å². The summed E-state index contributed by atoms with van der Waals surface area (Å²) >= 11 is 0. The number of aliphatic hydroxyl groups excluding tert-OH is 1. The van der Waals surface area contributed by atoms with Crippen LogP contribution in [-0.4, -0.2) is 29.8 Å². The maximum Gasteiger partial charge on any atom is 0.141 e. The van der Waals surface area contributed by atoms with Gasteiger partial charge in [0, 0.05) is 37.6 Å². The van der Waals surface area contributed by atoms with E-state index in [1.165, 1.54) is 0 Å². The van der Waals surface area contributed by atoms with Crippen LogP contribution in [0.25, 0.3) is 0 Å². The van der Waals surface area contributed by atoms with Gasteiger partial charge in [0.15, 0.2) is 0 Å². The highest BCUT2D eigenvalue weighted by Gasteiger charge is 2.22. The van der Waals surface area contributed by atoms with E-state index in [2.05, 4.69) is 15.3 Å². The molecule has 5 nitrogen and oxygen atoms in total. The van der Waals surface area contributed by atoms with Crippen LogP contribution in [0.5, 0.6) is 0 Å². The summed E-state index contributed by atoms with van der Waals surface area (Å²) in [6.07, 6.45) is 3.79. The monoisotopic (exact) mass is 222 g/mol. The van der Waals surface area contributed by atoms with Crippen LogP contribution < -0.4 is 16.2 Å². The number of nitrogens with zero attached hydrogens (tertiary/aromatic N) is 2. The summed E-state index contributed by atoms with van der Waals surface area (Å²) in [5, 5.41) is 8.91. The maximum absolute atomic E-state index is 8.91. The van der Waals surface area contributed by atoms with Crippen molar-refractivity contribution < 1.29 is 5.11 Å². The summed E-state index contributed by atoms with van der Waals surface area (Å²) in [5.41, 5.74) is 3.69. The first-order chi connectivity index (χ1) is 7.83. The Balaban J connectivity index is 2.02. The van der Waals surface area contributed by atoms with Gasteiger partial charge in [0.2, 0.25) is 0 Å². The molecule has 1 aromatic heterocycles. The molecule has 0 bridgehead atoms. The fourth-order valence-electron chi connectivity index (χ4n) is 2.18. The van der Waals surface area contributed by atoms with Crippen LogP contribution in [-0.2, 0) is 0 Å². The van der Waals surface area contributed by atoms with Crippen LogP contribution in [0.1, 0.15) is 12.8 Å². The normalized spacial score (nSPS) is 20.1. The van der Waals surface area contributed by atoms with E-state index in [1.807, 2.05) is 12.1 Å². The van der Waals surface area contributed by atoms with Crippen molar-refractivity contribution in [3.63, 3.8) is 0 Å². The highest BCUT2D eigenvalue weighted by molar-refractivity contribution is 5.54. The summed E-state index contributed by atoms with van der Waals surface area (Å²) in [7, 11) is 0. The molecule has 1 aliphatic heterocycles. The predicted molar refractivity (Wildman–Crippen MR) is 64.1 cm³/mol. The van der Waals surface area contributed by atoms with Crippen LogP contribution >= 0.6 is 0 Å². The molecule has 1 saturated heterocycles. The number of hydrogen-bond acceptors (Lipinski definition) is 5. The third-order valence-electron chi connectivity index (χ3n) is 3.08. The van der Waals surface area contributed by atoms with Crippen molar-refractivity contribution in [2.75, 3.05) is 30.0 Å².